The van der Waals surface area contributed by atoms with Crippen LogP contribution in [0.4, 0.5) is 10.1 Å². The van der Waals surface area contributed by atoms with Gasteiger partial charge in [0.15, 0.2) is 11.5 Å². The number of halogens is 1. The van der Waals surface area contributed by atoms with Gasteiger partial charge in [0.2, 0.25) is 0 Å². The standard InChI is InChI=1S/C32H39FN2O2/c1-5-8-25-20-29(12-13-30(25)33)35(28-14-16-34-17-15-28)22-23-10-7-11-24(18-23)27-19-26(9-6-2)32(37-4)31(21-27)36-3/h5,7-8,10-13,18-21,28,34H,6,9,14-17,22H2,1-4H3. The number of nitrogens with zero attached hydrogens (tertiary/aromatic N) is 1. The van der Waals surface area contributed by atoms with Crippen molar-refractivity contribution in [1.82, 2.24) is 5.32 Å². The molecule has 0 spiro atoms. The molecule has 0 bridgehead atoms. The molecule has 3 aromatic carbocycles. The van der Waals surface area contributed by atoms with Crippen molar-refractivity contribution < 1.29 is 13.9 Å². The Morgan fingerprint density at radius 1 is 1.00 bits per heavy atom. The summed E-state index contributed by atoms with van der Waals surface area (Å²) in [5.74, 6) is 1.38. The van der Waals surface area contributed by atoms with Crippen LogP contribution < -0.4 is 19.7 Å². The SMILES string of the molecule is CC=Cc1cc(N(Cc2cccc(-c3cc(CCC)c(OC)c(OC)c3)c2)C2CCNCC2)ccc1F. The number of ether oxygens (including phenoxy) is 2. The van der Waals surface area contributed by atoms with Crippen LogP contribution in [0.5, 0.6) is 11.5 Å². The molecule has 1 aliphatic heterocycles. The van der Waals surface area contributed by atoms with E-state index in [1.807, 2.05) is 31.2 Å². The van der Waals surface area contributed by atoms with Crippen LogP contribution in [0.3, 0.4) is 0 Å². The summed E-state index contributed by atoms with van der Waals surface area (Å²) in [6.07, 6.45) is 7.80. The third-order valence-corrected chi connectivity index (χ3v) is 7.10. The Bertz CT molecular complexity index is 1220. The monoisotopic (exact) mass is 502 g/mol. The van der Waals surface area contributed by atoms with E-state index in [2.05, 4.69) is 53.5 Å². The van der Waals surface area contributed by atoms with Gasteiger partial charge in [-0.15, -0.1) is 0 Å². The van der Waals surface area contributed by atoms with Crippen LogP contribution in [-0.2, 0) is 13.0 Å². The van der Waals surface area contributed by atoms with Crippen molar-refractivity contribution in [3.8, 4) is 22.6 Å². The van der Waals surface area contributed by atoms with Gasteiger partial charge in [0.25, 0.3) is 0 Å². The van der Waals surface area contributed by atoms with Crippen molar-refractivity contribution in [2.24, 2.45) is 0 Å². The lowest BCUT2D eigenvalue weighted by Crippen LogP contribution is -2.43. The number of anilines is 1. The normalized spacial score (nSPS) is 14.2. The lowest BCUT2D eigenvalue weighted by Gasteiger charge is -2.37. The Hall–Kier alpha value is -3.31. The molecule has 4 rings (SSSR count). The number of nitrogens with one attached hydrogen (secondary N) is 1. The van der Waals surface area contributed by atoms with Gasteiger partial charge in [-0.25, -0.2) is 4.39 Å². The van der Waals surface area contributed by atoms with Crippen LogP contribution >= 0.6 is 0 Å². The zero-order valence-electron chi connectivity index (χ0n) is 22.5. The third-order valence-electron chi connectivity index (χ3n) is 7.10. The van der Waals surface area contributed by atoms with Gasteiger partial charge in [0.05, 0.1) is 14.2 Å². The molecule has 1 fully saturated rings. The van der Waals surface area contributed by atoms with Crippen molar-refractivity contribution in [2.75, 3.05) is 32.2 Å². The second-order valence-electron chi connectivity index (χ2n) is 9.64. The van der Waals surface area contributed by atoms with E-state index in [9.17, 15) is 4.39 Å². The number of piperidine rings is 1. The first-order valence-corrected chi connectivity index (χ1v) is 13.3. The maximum atomic E-state index is 14.4. The molecule has 3 aromatic rings. The summed E-state index contributed by atoms with van der Waals surface area (Å²) < 4.78 is 25.8. The molecule has 1 aliphatic rings. The predicted molar refractivity (Wildman–Crippen MR) is 152 cm³/mol. The first kappa shape index (κ1) is 26.7. The molecular weight excluding hydrogens is 463 g/mol. The number of benzene rings is 3. The number of rotatable bonds is 10. The zero-order chi connectivity index (χ0) is 26.2. The molecule has 0 amide bonds. The highest BCUT2D eigenvalue weighted by Gasteiger charge is 2.23. The summed E-state index contributed by atoms with van der Waals surface area (Å²) in [5.41, 5.74) is 6.33. The Morgan fingerprint density at radius 3 is 2.51 bits per heavy atom. The Labute approximate surface area is 221 Å². The highest BCUT2D eigenvalue weighted by Crippen LogP contribution is 2.37. The molecule has 0 radical (unpaired) electrons. The van der Waals surface area contributed by atoms with Crippen LogP contribution in [0.25, 0.3) is 17.2 Å². The van der Waals surface area contributed by atoms with Gasteiger partial charge in [0.1, 0.15) is 5.82 Å². The average molecular weight is 503 g/mol. The number of allylic oxidation sites excluding steroid dienone is 1. The summed E-state index contributed by atoms with van der Waals surface area (Å²) >= 11 is 0. The minimum Gasteiger partial charge on any atom is -0.493 e. The van der Waals surface area contributed by atoms with E-state index in [4.69, 9.17) is 9.47 Å². The van der Waals surface area contributed by atoms with Gasteiger partial charge in [-0.05, 0) is 97.9 Å². The van der Waals surface area contributed by atoms with E-state index in [0.29, 0.717) is 11.6 Å². The molecule has 0 aromatic heterocycles. The maximum absolute atomic E-state index is 14.4. The van der Waals surface area contributed by atoms with Gasteiger partial charge < -0.3 is 19.7 Å². The molecule has 0 atom stereocenters. The molecule has 5 heteroatoms. The molecule has 0 aliphatic carbocycles. The summed E-state index contributed by atoms with van der Waals surface area (Å²) in [4.78, 5) is 2.45. The maximum Gasteiger partial charge on any atom is 0.163 e. The van der Waals surface area contributed by atoms with Crippen LogP contribution in [0.1, 0.15) is 49.8 Å². The van der Waals surface area contributed by atoms with Gasteiger partial charge in [-0.1, -0.05) is 43.7 Å². The second-order valence-corrected chi connectivity index (χ2v) is 9.64. The fraction of sp³-hybridized carbons (Fsp3) is 0.375. The number of aryl methyl sites for hydroxylation is 1. The van der Waals surface area contributed by atoms with Crippen LogP contribution in [-0.4, -0.2) is 33.4 Å². The smallest absolute Gasteiger partial charge is 0.163 e. The number of hydrogen-bond acceptors (Lipinski definition) is 4. The summed E-state index contributed by atoms with van der Waals surface area (Å²) in [5, 5.41) is 3.47. The lowest BCUT2D eigenvalue weighted by molar-refractivity contribution is 0.351. The van der Waals surface area contributed by atoms with Crippen molar-refractivity contribution in [3.63, 3.8) is 0 Å². The van der Waals surface area contributed by atoms with E-state index in [0.717, 1.165) is 79.2 Å². The average Bonchev–Trinajstić information content (AvgIpc) is 2.93. The van der Waals surface area contributed by atoms with Gasteiger partial charge in [-0.3, -0.25) is 0 Å². The highest BCUT2D eigenvalue weighted by atomic mass is 19.1. The Kier molecular flexibility index (Phi) is 9.24. The minimum atomic E-state index is -0.189. The number of methoxy groups -OCH3 is 2. The fourth-order valence-electron chi connectivity index (χ4n) is 5.28. The van der Waals surface area contributed by atoms with Crippen LogP contribution in [0.2, 0.25) is 0 Å². The molecule has 196 valence electrons. The van der Waals surface area contributed by atoms with Gasteiger partial charge in [0, 0.05) is 23.8 Å². The van der Waals surface area contributed by atoms with Crippen molar-refractivity contribution in [2.45, 2.75) is 52.1 Å². The second kappa shape index (κ2) is 12.8. The molecule has 1 heterocycles. The highest BCUT2D eigenvalue weighted by molar-refractivity contribution is 5.70. The van der Waals surface area contributed by atoms with E-state index in [-0.39, 0.29) is 5.82 Å². The predicted octanol–water partition coefficient (Wildman–Crippen LogP) is 7.25. The summed E-state index contributed by atoms with van der Waals surface area (Å²) in [7, 11) is 3.39. The molecule has 1 N–H and O–H groups in total. The van der Waals surface area contributed by atoms with Crippen LogP contribution in [0.15, 0.2) is 60.7 Å². The van der Waals surface area contributed by atoms with E-state index < -0.39 is 0 Å². The van der Waals surface area contributed by atoms with Crippen molar-refractivity contribution >= 4 is 11.8 Å². The quantitative estimate of drug-likeness (QED) is 0.316. The molecule has 37 heavy (non-hydrogen) atoms. The molecule has 1 saturated heterocycles. The first-order valence-electron chi connectivity index (χ1n) is 13.3. The summed E-state index contributed by atoms with van der Waals surface area (Å²) in [6.45, 7) is 6.84. The topological polar surface area (TPSA) is 33.7 Å². The number of hydrogen-bond donors (Lipinski definition) is 1. The van der Waals surface area contributed by atoms with E-state index >= 15 is 0 Å². The Balaban J connectivity index is 1.70. The summed E-state index contributed by atoms with van der Waals surface area (Å²) in [6, 6.07) is 18.9. The van der Waals surface area contributed by atoms with Crippen LogP contribution in [0, 0.1) is 5.82 Å². The van der Waals surface area contributed by atoms with E-state index in [1.54, 1.807) is 20.3 Å². The fourth-order valence-corrected chi connectivity index (χ4v) is 5.28. The molecule has 4 nitrogen and oxygen atoms in total. The molecule has 0 saturated carbocycles. The lowest BCUT2D eigenvalue weighted by atomic mass is 9.97. The van der Waals surface area contributed by atoms with Gasteiger partial charge >= 0.3 is 0 Å². The first-order chi connectivity index (χ1) is 18.1. The largest absolute Gasteiger partial charge is 0.493 e. The van der Waals surface area contributed by atoms with Crippen molar-refractivity contribution in [1.29, 1.82) is 0 Å². The molecule has 0 unspecified atom stereocenters. The molecular formula is C32H39FN2O2. The van der Waals surface area contributed by atoms with Crippen molar-refractivity contribution in [3.05, 3.63) is 83.2 Å². The third kappa shape index (κ3) is 6.34. The van der Waals surface area contributed by atoms with E-state index in [1.165, 1.54) is 5.56 Å². The minimum absolute atomic E-state index is 0.189. The Morgan fingerprint density at radius 2 is 1.81 bits per heavy atom. The van der Waals surface area contributed by atoms with Gasteiger partial charge in [-0.2, -0.15) is 0 Å². The zero-order valence-corrected chi connectivity index (χ0v) is 22.5.